The Bertz CT molecular complexity index is 718. The fourth-order valence-electron chi connectivity index (χ4n) is 2.17. The van der Waals surface area contributed by atoms with Crippen molar-refractivity contribution < 1.29 is 4.79 Å². The predicted octanol–water partition coefficient (Wildman–Crippen LogP) is 3.92. The minimum Gasteiger partial charge on any atom is -0.356 e. The smallest absolute Gasteiger partial charge is 0.251 e. The van der Waals surface area contributed by atoms with Crippen LogP contribution < -0.4 is 16.0 Å². The minimum absolute atomic E-state index is 0. The van der Waals surface area contributed by atoms with E-state index in [2.05, 4.69) is 55.9 Å². The standard InChI is InChI=1S/C18H23BrN4OS.HI/c1-13-4-9-16(25-13)12-23-18(20-2)22-11-3-10-21-17(24)14-5-7-15(19)8-6-14;/h4-9H,3,10-12H2,1-2H3,(H,21,24)(H2,20,22,23);1H. The Hall–Kier alpha value is -1.13. The number of aryl methyl sites for hydroxylation is 1. The highest BCUT2D eigenvalue weighted by Crippen LogP contribution is 2.14. The lowest BCUT2D eigenvalue weighted by atomic mass is 10.2. The zero-order chi connectivity index (χ0) is 18.1. The summed E-state index contributed by atoms with van der Waals surface area (Å²) in [7, 11) is 1.75. The highest BCUT2D eigenvalue weighted by molar-refractivity contribution is 14.0. The van der Waals surface area contributed by atoms with E-state index in [4.69, 9.17) is 0 Å². The van der Waals surface area contributed by atoms with E-state index in [9.17, 15) is 4.79 Å². The molecule has 0 spiro atoms. The van der Waals surface area contributed by atoms with Crippen LogP contribution in [-0.2, 0) is 6.54 Å². The van der Waals surface area contributed by atoms with Crippen molar-refractivity contribution in [3.05, 3.63) is 56.2 Å². The molecule has 0 atom stereocenters. The van der Waals surface area contributed by atoms with Crippen molar-refractivity contribution in [3.8, 4) is 0 Å². The molecule has 2 aromatic rings. The molecule has 1 heterocycles. The number of hydrogen-bond acceptors (Lipinski definition) is 3. The number of carbonyl (C=O) groups excluding carboxylic acids is 1. The normalized spacial score (nSPS) is 10.8. The average molecular weight is 551 g/mol. The third-order valence-electron chi connectivity index (χ3n) is 3.49. The van der Waals surface area contributed by atoms with Gasteiger partial charge < -0.3 is 16.0 Å². The van der Waals surface area contributed by atoms with Crippen molar-refractivity contribution in [2.24, 2.45) is 4.99 Å². The van der Waals surface area contributed by atoms with Gasteiger partial charge in [-0.05, 0) is 49.7 Å². The summed E-state index contributed by atoms with van der Waals surface area (Å²) in [5, 5.41) is 9.46. The second-order valence-corrected chi connectivity index (χ2v) is 7.77. The molecule has 5 nitrogen and oxygen atoms in total. The summed E-state index contributed by atoms with van der Waals surface area (Å²) in [6.45, 7) is 4.22. The first-order valence-corrected chi connectivity index (χ1v) is 9.73. The summed E-state index contributed by atoms with van der Waals surface area (Å²) in [6, 6.07) is 11.6. The van der Waals surface area contributed by atoms with Crippen molar-refractivity contribution in [3.63, 3.8) is 0 Å². The number of guanidine groups is 1. The molecular formula is C18H24BrIN4OS. The molecule has 0 saturated heterocycles. The van der Waals surface area contributed by atoms with Crippen LogP contribution >= 0.6 is 51.2 Å². The van der Waals surface area contributed by atoms with E-state index in [0.717, 1.165) is 29.9 Å². The van der Waals surface area contributed by atoms with Crippen LogP contribution in [0.4, 0.5) is 0 Å². The summed E-state index contributed by atoms with van der Waals surface area (Å²) in [5.41, 5.74) is 0.667. The SMILES string of the molecule is CN=C(NCCCNC(=O)c1ccc(Br)cc1)NCc1ccc(C)s1.I. The second kappa shape index (κ2) is 12.3. The zero-order valence-electron chi connectivity index (χ0n) is 14.8. The molecule has 142 valence electrons. The van der Waals surface area contributed by atoms with E-state index >= 15 is 0 Å². The van der Waals surface area contributed by atoms with Gasteiger partial charge in [-0.15, -0.1) is 35.3 Å². The lowest BCUT2D eigenvalue weighted by molar-refractivity contribution is 0.0953. The van der Waals surface area contributed by atoms with Crippen molar-refractivity contribution in [1.29, 1.82) is 0 Å². The van der Waals surface area contributed by atoms with Crippen molar-refractivity contribution in [2.45, 2.75) is 19.9 Å². The largest absolute Gasteiger partial charge is 0.356 e. The third-order valence-corrected chi connectivity index (χ3v) is 5.02. The molecule has 0 bridgehead atoms. The van der Waals surface area contributed by atoms with Crippen LogP contribution in [0, 0.1) is 6.92 Å². The van der Waals surface area contributed by atoms with Crippen LogP contribution in [0.5, 0.6) is 0 Å². The van der Waals surface area contributed by atoms with E-state index in [1.54, 1.807) is 30.5 Å². The van der Waals surface area contributed by atoms with Gasteiger partial charge in [-0.2, -0.15) is 0 Å². The van der Waals surface area contributed by atoms with Gasteiger partial charge in [-0.3, -0.25) is 9.79 Å². The number of halogens is 2. The maximum atomic E-state index is 12.0. The van der Waals surface area contributed by atoms with E-state index in [1.165, 1.54) is 9.75 Å². The lowest BCUT2D eigenvalue weighted by Crippen LogP contribution is -2.38. The molecule has 2 rings (SSSR count). The fourth-order valence-corrected chi connectivity index (χ4v) is 3.27. The number of hydrogen-bond donors (Lipinski definition) is 3. The van der Waals surface area contributed by atoms with Crippen molar-refractivity contribution in [1.82, 2.24) is 16.0 Å². The topological polar surface area (TPSA) is 65.5 Å². The molecule has 8 heteroatoms. The van der Waals surface area contributed by atoms with E-state index < -0.39 is 0 Å². The molecule has 0 unspecified atom stereocenters. The van der Waals surface area contributed by atoms with Gasteiger partial charge in [0.1, 0.15) is 0 Å². The van der Waals surface area contributed by atoms with Crippen LogP contribution in [-0.4, -0.2) is 32.0 Å². The molecule has 0 saturated carbocycles. The summed E-state index contributed by atoms with van der Waals surface area (Å²) in [5.74, 6) is 0.716. The monoisotopic (exact) mass is 550 g/mol. The molecule has 0 aliphatic rings. The number of thiophene rings is 1. The Labute approximate surface area is 184 Å². The molecule has 1 aromatic carbocycles. The van der Waals surface area contributed by atoms with Crippen LogP contribution in [0.1, 0.15) is 26.5 Å². The van der Waals surface area contributed by atoms with E-state index in [1.807, 2.05) is 12.1 Å². The van der Waals surface area contributed by atoms with Gasteiger partial charge in [0.25, 0.3) is 5.91 Å². The molecule has 26 heavy (non-hydrogen) atoms. The van der Waals surface area contributed by atoms with E-state index in [-0.39, 0.29) is 29.9 Å². The summed E-state index contributed by atoms with van der Waals surface area (Å²) >= 11 is 5.14. The number of amides is 1. The Morgan fingerprint density at radius 2 is 1.77 bits per heavy atom. The fraction of sp³-hybridized carbons (Fsp3) is 0.333. The highest BCUT2D eigenvalue weighted by atomic mass is 127. The molecule has 0 aliphatic carbocycles. The molecule has 0 fully saturated rings. The number of carbonyl (C=O) groups is 1. The van der Waals surface area contributed by atoms with Gasteiger partial charge >= 0.3 is 0 Å². The summed E-state index contributed by atoms with van der Waals surface area (Å²) in [4.78, 5) is 18.8. The van der Waals surface area contributed by atoms with Gasteiger partial charge in [-0.1, -0.05) is 15.9 Å². The first kappa shape index (κ1) is 22.9. The molecule has 1 amide bonds. The first-order chi connectivity index (χ1) is 12.1. The number of rotatable bonds is 7. The average Bonchev–Trinajstić information content (AvgIpc) is 3.03. The Morgan fingerprint density at radius 1 is 1.08 bits per heavy atom. The highest BCUT2D eigenvalue weighted by Gasteiger charge is 2.04. The van der Waals surface area contributed by atoms with Crippen molar-refractivity contribution in [2.75, 3.05) is 20.1 Å². The van der Waals surface area contributed by atoms with Gasteiger partial charge in [0.2, 0.25) is 0 Å². The Kier molecular flexibility index (Phi) is 10.8. The molecule has 1 aromatic heterocycles. The van der Waals surface area contributed by atoms with Gasteiger partial charge in [0, 0.05) is 39.9 Å². The maximum Gasteiger partial charge on any atom is 0.251 e. The van der Waals surface area contributed by atoms with Crippen molar-refractivity contribution >= 4 is 63.1 Å². The number of aliphatic imine (C=N–C) groups is 1. The van der Waals surface area contributed by atoms with Crippen LogP contribution in [0.25, 0.3) is 0 Å². The number of benzene rings is 1. The number of nitrogens with zero attached hydrogens (tertiary/aromatic N) is 1. The maximum absolute atomic E-state index is 12.0. The minimum atomic E-state index is -0.0527. The Balaban J connectivity index is 0.00000338. The van der Waals surface area contributed by atoms with Crippen LogP contribution in [0.3, 0.4) is 0 Å². The van der Waals surface area contributed by atoms with Crippen LogP contribution in [0.2, 0.25) is 0 Å². The van der Waals surface area contributed by atoms with E-state index in [0.29, 0.717) is 12.1 Å². The molecule has 3 N–H and O–H groups in total. The van der Waals surface area contributed by atoms with Gasteiger partial charge in [0.05, 0.1) is 6.54 Å². The molecule has 0 radical (unpaired) electrons. The summed E-state index contributed by atoms with van der Waals surface area (Å²) in [6.07, 6.45) is 0.821. The predicted molar refractivity (Wildman–Crippen MR) is 124 cm³/mol. The Morgan fingerprint density at radius 3 is 2.38 bits per heavy atom. The first-order valence-electron chi connectivity index (χ1n) is 8.12. The number of nitrogens with one attached hydrogen (secondary N) is 3. The lowest BCUT2D eigenvalue weighted by Gasteiger charge is -2.11. The van der Waals surface area contributed by atoms with Crippen LogP contribution in [0.15, 0.2) is 45.9 Å². The zero-order valence-corrected chi connectivity index (χ0v) is 19.6. The third kappa shape index (κ3) is 8.05. The second-order valence-electron chi connectivity index (χ2n) is 5.48. The summed E-state index contributed by atoms with van der Waals surface area (Å²) < 4.78 is 0.963. The van der Waals surface area contributed by atoms with Gasteiger partial charge in [-0.25, -0.2) is 0 Å². The molecular weight excluding hydrogens is 527 g/mol. The van der Waals surface area contributed by atoms with Gasteiger partial charge in [0.15, 0.2) is 5.96 Å². The molecule has 0 aliphatic heterocycles. The quantitative estimate of drug-likeness (QED) is 0.212.